The van der Waals surface area contributed by atoms with E-state index in [1.165, 1.54) is 12.1 Å². The van der Waals surface area contributed by atoms with E-state index in [2.05, 4.69) is 10.00 Å². The summed E-state index contributed by atoms with van der Waals surface area (Å²) in [6.07, 6.45) is 1.93. The van der Waals surface area contributed by atoms with Gasteiger partial charge in [0.05, 0.1) is 22.5 Å². The van der Waals surface area contributed by atoms with Crippen LogP contribution in [0.1, 0.15) is 21.6 Å². The number of carbonyl (C=O) groups excluding carboxylic acids is 1. The average molecular weight is 478 g/mol. The quantitative estimate of drug-likeness (QED) is 0.428. The van der Waals surface area contributed by atoms with E-state index in [0.29, 0.717) is 30.2 Å². The van der Waals surface area contributed by atoms with E-state index in [1.54, 1.807) is 10.7 Å². The lowest BCUT2D eigenvalue weighted by molar-refractivity contribution is 0.0630. The van der Waals surface area contributed by atoms with Crippen molar-refractivity contribution >= 4 is 28.4 Å². The fraction of sp³-hybridized carbons (Fsp3) is 0.269. The number of aromatic nitrogens is 3. The number of benzene rings is 2. The van der Waals surface area contributed by atoms with Crippen LogP contribution in [-0.2, 0) is 13.6 Å². The minimum absolute atomic E-state index is 0.000794. The molecule has 1 aliphatic rings. The van der Waals surface area contributed by atoms with Crippen LogP contribution < -0.4 is 0 Å². The van der Waals surface area contributed by atoms with Gasteiger partial charge in [-0.25, -0.2) is 9.37 Å². The number of fused-ring (bicyclic) bond motifs is 1. The smallest absolute Gasteiger partial charge is 0.254 e. The Bertz CT molecular complexity index is 1380. The number of aryl methyl sites for hydroxylation is 2. The second kappa shape index (κ2) is 9.16. The third kappa shape index (κ3) is 4.41. The first-order valence-corrected chi connectivity index (χ1v) is 11.6. The molecule has 4 aromatic rings. The summed E-state index contributed by atoms with van der Waals surface area (Å²) in [6, 6.07) is 14.1. The number of piperazine rings is 1. The summed E-state index contributed by atoms with van der Waals surface area (Å²) in [5, 5.41) is 5.71. The largest absolute Gasteiger partial charge is 0.336 e. The fourth-order valence-electron chi connectivity index (χ4n) is 4.51. The molecule has 3 heterocycles. The minimum Gasteiger partial charge on any atom is -0.336 e. The maximum Gasteiger partial charge on any atom is 0.254 e. The van der Waals surface area contributed by atoms with Gasteiger partial charge in [-0.2, -0.15) is 5.10 Å². The van der Waals surface area contributed by atoms with Crippen LogP contribution >= 0.6 is 11.6 Å². The van der Waals surface area contributed by atoms with E-state index in [0.717, 1.165) is 46.5 Å². The Balaban J connectivity index is 1.38. The number of rotatable bonds is 4. The lowest BCUT2D eigenvalue weighted by Gasteiger charge is -2.35. The summed E-state index contributed by atoms with van der Waals surface area (Å²) < 4.78 is 15.1. The van der Waals surface area contributed by atoms with Crippen molar-refractivity contribution in [1.29, 1.82) is 0 Å². The molecule has 0 radical (unpaired) electrons. The fourth-order valence-corrected chi connectivity index (χ4v) is 4.74. The van der Waals surface area contributed by atoms with Crippen molar-refractivity contribution in [3.05, 3.63) is 82.4 Å². The second-order valence-corrected chi connectivity index (χ2v) is 9.09. The van der Waals surface area contributed by atoms with Crippen molar-refractivity contribution < 1.29 is 9.18 Å². The zero-order chi connectivity index (χ0) is 23.8. The van der Waals surface area contributed by atoms with Gasteiger partial charge in [0.2, 0.25) is 0 Å². The Hall–Kier alpha value is -3.29. The Morgan fingerprint density at radius 2 is 1.85 bits per heavy atom. The van der Waals surface area contributed by atoms with Crippen LogP contribution in [0.15, 0.2) is 54.7 Å². The number of para-hydroxylation sites is 1. The van der Waals surface area contributed by atoms with E-state index < -0.39 is 0 Å². The van der Waals surface area contributed by atoms with E-state index in [4.69, 9.17) is 16.6 Å². The number of halogens is 2. The summed E-state index contributed by atoms with van der Waals surface area (Å²) in [7, 11) is 1.88. The standard InChI is InChI=1S/C26H25ClFN5O/c1-17-22(16-31(2)30-17)25-14-21(20-5-3-4-6-24(20)29-25)26(34)33-11-9-32(10-12-33)15-18-7-8-19(28)13-23(18)27/h3-8,13-14,16H,9-12,15H2,1-2H3. The molecule has 2 aromatic heterocycles. The van der Waals surface area contributed by atoms with Crippen LogP contribution in [-0.4, -0.2) is 56.7 Å². The predicted molar refractivity (Wildman–Crippen MR) is 131 cm³/mol. The molecule has 0 bridgehead atoms. The van der Waals surface area contributed by atoms with Gasteiger partial charge >= 0.3 is 0 Å². The van der Waals surface area contributed by atoms with Crippen LogP contribution in [0.25, 0.3) is 22.2 Å². The molecule has 34 heavy (non-hydrogen) atoms. The summed E-state index contributed by atoms with van der Waals surface area (Å²) in [5.74, 6) is -0.338. The van der Waals surface area contributed by atoms with Crippen molar-refractivity contribution in [2.45, 2.75) is 13.5 Å². The Morgan fingerprint density at radius 3 is 2.56 bits per heavy atom. The van der Waals surface area contributed by atoms with Crippen molar-refractivity contribution in [3.63, 3.8) is 0 Å². The van der Waals surface area contributed by atoms with Gasteiger partial charge in [-0.1, -0.05) is 35.9 Å². The van der Waals surface area contributed by atoms with E-state index in [1.807, 2.05) is 55.4 Å². The molecule has 0 spiro atoms. The number of hydrogen-bond donors (Lipinski definition) is 0. The normalized spacial score (nSPS) is 14.6. The molecule has 1 amide bonds. The van der Waals surface area contributed by atoms with Gasteiger partial charge in [-0.3, -0.25) is 14.4 Å². The minimum atomic E-state index is -0.338. The van der Waals surface area contributed by atoms with Crippen molar-refractivity contribution in [2.24, 2.45) is 7.05 Å². The van der Waals surface area contributed by atoms with Crippen molar-refractivity contribution in [2.75, 3.05) is 26.2 Å². The van der Waals surface area contributed by atoms with Gasteiger partial charge in [-0.15, -0.1) is 0 Å². The van der Waals surface area contributed by atoms with Crippen molar-refractivity contribution in [1.82, 2.24) is 24.6 Å². The zero-order valence-electron chi connectivity index (χ0n) is 19.1. The van der Waals surface area contributed by atoms with Gasteiger partial charge in [0, 0.05) is 61.9 Å². The molecule has 1 fully saturated rings. The van der Waals surface area contributed by atoms with Gasteiger partial charge in [0.25, 0.3) is 5.91 Å². The highest BCUT2D eigenvalue weighted by atomic mass is 35.5. The monoisotopic (exact) mass is 477 g/mol. The van der Waals surface area contributed by atoms with Crippen LogP contribution in [0, 0.1) is 12.7 Å². The molecule has 1 aliphatic heterocycles. The number of carbonyl (C=O) groups is 1. The number of nitrogens with zero attached hydrogens (tertiary/aromatic N) is 5. The lowest BCUT2D eigenvalue weighted by atomic mass is 10.0. The molecular weight excluding hydrogens is 453 g/mol. The molecule has 8 heteroatoms. The SMILES string of the molecule is Cc1nn(C)cc1-c1cc(C(=O)N2CCN(Cc3ccc(F)cc3Cl)CC2)c2ccccc2n1. The highest BCUT2D eigenvalue weighted by molar-refractivity contribution is 6.31. The van der Waals surface area contributed by atoms with Crippen LogP contribution in [0.4, 0.5) is 4.39 Å². The molecule has 0 aliphatic carbocycles. The van der Waals surface area contributed by atoms with Crippen LogP contribution in [0.3, 0.4) is 0 Å². The van der Waals surface area contributed by atoms with Gasteiger partial charge < -0.3 is 4.90 Å². The molecular formula is C26H25ClFN5O. The Labute approximate surface area is 202 Å². The summed E-state index contributed by atoms with van der Waals surface area (Å²) in [5.41, 5.74) is 4.87. The Kier molecular flexibility index (Phi) is 6.06. The first-order valence-electron chi connectivity index (χ1n) is 11.2. The number of hydrogen-bond acceptors (Lipinski definition) is 4. The first kappa shape index (κ1) is 22.5. The van der Waals surface area contributed by atoms with Gasteiger partial charge in [0.15, 0.2) is 0 Å². The van der Waals surface area contributed by atoms with Gasteiger partial charge in [0.1, 0.15) is 5.82 Å². The molecule has 0 N–H and O–H groups in total. The first-order chi connectivity index (χ1) is 16.4. The molecule has 0 unspecified atom stereocenters. The van der Waals surface area contributed by atoms with E-state index >= 15 is 0 Å². The third-order valence-electron chi connectivity index (χ3n) is 6.30. The summed E-state index contributed by atoms with van der Waals surface area (Å²) >= 11 is 6.20. The molecule has 174 valence electrons. The summed E-state index contributed by atoms with van der Waals surface area (Å²) in [6.45, 7) is 5.23. The van der Waals surface area contributed by atoms with Crippen molar-refractivity contribution in [3.8, 4) is 11.3 Å². The number of amides is 1. The van der Waals surface area contributed by atoms with Crippen LogP contribution in [0.2, 0.25) is 5.02 Å². The highest BCUT2D eigenvalue weighted by Crippen LogP contribution is 2.28. The summed E-state index contributed by atoms with van der Waals surface area (Å²) in [4.78, 5) is 22.6. The second-order valence-electron chi connectivity index (χ2n) is 8.68. The number of pyridine rings is 1. The molecule has 0 saturated carbocycles. The Morgan fingerprint density at radius 1 is 1.09 bits per heavy atom. The predicted octanol–water partition coefficient (Wildman–Crippen LogP) is 4.69. The lowest BCUT2D eigenvalue weighted by Crippen LogP contribution is -2.48. The molecule has 1 saturated heterocycles. The molecule has 6 nitrogen and oxygen atoms in total. The van der Waals surface area contributed by atoms with E-state index in [-0.39, 0.29) is 11.7 Å². The molecule has 0 atom stereocenters. The third-order valence-corrected chi connectivity index (χ3v) is 6.66. The maximum atomic E-state index is 13.6. The molecule has 2 aromatic carbocycles. The molecule has 5 rings (SSSR count). The maximum absolute atomic E-state index is 13.6. The topological polar surface area (TPSA) is 54.3 Å². The highest BCUT2D eigenvalue weighted by Gasteiger charge is 2.25. The van der Waals surface area contributed by atoms with Crippen LogP contribution in [0.5, 0.6) is 0 Å². The average Bonchev–Trinajstić information content (AvgIpc) is 3.18. The van der Waals surface area contributed by atoms with Gasteiger partial charge in [-0.05, 0) is 36.8 Å². The zero-order valence-corrected chi connectivity index (χ0v) is 19.9. The van der Waals surface area contributed by atoms with E-state index in [9.17, 15) is 9.18 Å².